The summed E-state index contributed by atoms with van der Waals surface area (Å²) < 4.78 is 12.9. The predicted octanol–water partition coefficient (Wildman–Crippen LogP) is -4.29. The van der Waals surface area contributed by atoms with Crippen LogP contribution in [-0.2, 0) is 9.09 Å². The van der Waals surface area contributed by atoms with E-state index in [1.807, 2.05) is 0 Å². The second-order valence-electron chi connectivity index (χ2n) is 0.523. The minimum atomic E-state index is -3.14. The number of rotatable bonds is 2. The van der Waals surface area contributed by atoms with Crippen LogP contribution in [0.15, 0.2) is 0 Å². The molecule has 0 fully saturated rings. The van der Waals surface area contributed by atoms with Gasteiger partial charge in [-0.3, -0.25) is 0 Å². The first kappa shape index (κ1) is 11.5. The summed E-state index contributed by atoms with van der Waals surface area (Å²) in [5, 5.41) is 7.64. The molecule has 0 aliphatic heterocycles. The summed E-state index contributed by atoms with van der Waals surface area (Å²) >= 11 is 0. The van der Waals surface area contributed by atoms with E-state index < -0.39 is 15.0 Å². The average Bonchev–Trinajstić information content (AvgIpc) is 1.35. The molecular weight excluding hydrogens is 146 g/mol. The number of hydrogen-bond acceptors (Lipinski definition) is 4. The third kappa shape index (κ3) is 11.4. The molecule has 0 aromatic heterocycles. The molecule has 0 amide bonds. The van der Waals surface area contributed by atoms with Crippen molar-refractivity contribution in [3.8, 4) is 0 Å². The Morgan fingerprint density at radius 2 is 2.29 bits per heavy atom. The number of hydrogen-bond donors (Lipinski definition) is 1. The summed E-state index contributed by atoms with van der Waals surface area (Å²) in [5.74, 6) is 0. The van der Waals surface area contributed by atoms with Crippen molar-refractivity contribution < 1.29 is 70.5 Å². The number of aliphatic hydroxyl groups excluding tert-OH is 1. The van der Waals surface area contributed by atoms with Crippen molar-refractivity contribution in [3.05, 3.63) is 0 Å². The molecule has 0 saturated carbocycles. The Morgan fingerprint density at radius 1 is 1.86 bits per heavy atom. The Balaban J connectivity index is 0. The molecule has 0 bridgehead atoms. The van der Waals surface area contributed by atoms with E-state index in [9.17, 15) is 9.46 Å². The third-order valence-electron chi connectivity index (χ3n) is 0.182. The standard InChI is InChI=1S/CH5O4P.K/c2-1-5-6(3)4;/h2,6H,1H2,(H,3,4);/q;+1/p-1. The molecule has 0 rings (SSSR count). The van der Waals surface area contributed by atoms with Gasteiger partial charge in [-0.05, 0) is 0 Å². The van der Waals surface area contributed by atoms with Gasteiger partial charge >= 0.3 is 51.4 Å². The molecule has 0 aliphatic rings. The zero-order chi connectivity index (χ0) is 4.99. The van der Waals surface area contributed by atoms with Gasteiger partial charge in [0.25, 0.3) is 0 Å². The van der Waals surface area contributed by atoms with Gasteiger partial charge in [0.05, 0.1) is 0 Å². The molecule has 0 radical (unpaired) electrons. The molecule has 7 heavy (non-hydrogen) atoms. The molecule has 0 aromatic carbocycles. The van der Waals surface area contributed by atoms with Gasteiger partial charge in [-0.15, -0.1) is 0 Å². The molecule has 1 unspecified atom stereocenters. The van der Waals surface area contributed by atoms with Crippen molar-refractivity contribution in [1.29, 1.82) is 0 Å². The maximum Gasteiger partial charge on any atom is 1.00 e. The summed E-state index contributed by atoms with van der Waals surface area (Å²) in [6.45, 7) is -0.749. The van der Waals surface area contributed by atoms with Gasteiger partial charge in [0.2, 0.25) is 0 Å². The van der Waals surface area contributed by atoms with Gasteiger partial charge in [0.15, 0.2) is 0 Å². The topological polar surface area (TPSA) is 69.6 Å². The molecule has 0 aromatic rings. The van der Waals surface area contributed by atoms with E-state index >= 15 is 0 Å². The summed E-state index contributed by atoms with van der Waals surface area (Å²) in [6.07, 6.45) is 0. The first-order valence-electron chi connectivity index (χ1n) is 1.22. The molecule has 1 atom stereocenters. The largest absolute Gasteiger partial charge is 1.00 e. The predicted molar refractivity (Wildman–Crippen MR) is 17.2 cm³/mol. The minimum absolute atomic E-state index is 0. The van der Waals surface area contributed by atoms with E-state index in [0.717, 1.165) is 0 Å². The van der Waals surface area contributed by atoms with Gasteiger partial charge in [-0.25, -0.2) is 0 Å². The van der Waals surface area contributed by atoms with Gasteiger partial charge < -0.3 is 19.1 Å². The van der Waals surface area contributed by atoms with Crippen LogP contribution >= 0.6 is 8.25 Å². The monoisotopic (exact) mass is 150 g/mol. The van der Waals surface area contributed by atoms with Crippen LogP contribution in [0.2, 0.25) is 0 Å². The second kappa shape index (κ2) is 7.75. The molecule has 6 heteroatoms. The van der Waals surface area contributed by atoms with Crippen LogP contribution in [0.1, 0.15) is 0 Å². The van der Waals surface area contributed by atoms with Crippen LogP contribution in [0.5, 0.6) is 0 Å². The summed E-state index contributed by atoms with van der Waals surface area (Å²) in [5.41, 5.74) is 0. The van der Waals surface area contributed by atoms with Crippen molar-refractivity contribution in [2.45, 2.75) is 0 Å². The van der Waals surface area contributed by atoms with E-state index in [0.29, 0.717) is 0 Å². The Kier molecular flexibility index (Phi) is 12.8. The van der Waals surface area contributed by atoms with Gasteiger partial charge in [0.1, 0.15) is 15.0 Å². The van der Waals surface area contributed by atoms with Crippen molar-refractivity contribution in [3.63, 3.8) is 0 Å². The van der Waals surface area contributed by atoms with Gasteiger partial charge in [-0.2, -0.15) is 0 Å². The fourth-order valence-electron chi connectivity index (χ4n) is 0.0527. The summed E-state index contributed by atoms with van der Waals surface area (Å²) in [7, 11) is -3.14. The summed E-state index contributed by atoms with van der Waals surface area (Å²) in [4.78, 5) is 9.29. The Labute approximate surface area is 84.2 Å². The molecule has 0 spiro atoms. The Hall–Kier alpha value is 1.75. The molecule has 0 saturated heterocycles. The van der Waals surface area contributed by atoms with Crippen LogP contribution in [0, 0.1) is 0 Å². The smallest absolute Gasteiger partial charge is 0.781 e. The molecule has 0 heterocycles. The Bertz CT molecular complexity index is 55.7. The molecule has 1 N–H and O–H groups in total. The normalized spacial score (nSPS) is 12.3. The molecule has 0 aliphatic carbocycles. The van der Waals surface area contributed by atoms with Gasteiger partial charge in [0, 0.05) is 0 Å². The van der Waals surface area contributed by atoms with Crippen LogP contribution in [-0.4, -0.2) is 11.9 Å². The Morgan fingerprint density at radius 3 is 2.29 bits per heavy atom. The van der Waals surface area contributed by atoms with Crippen molar-refractivity contribution >= 4 is 8.25 Å². The number of aliphatic hydroxyl groups is 1. The van der Waals surface area contributed by atoms with E-state index in [1.165, 1.54) is 0 Å². The molecule has 38 valence electrons. The molecule has 4 nitrogen and oxygen atoms in total. The third-order valence-corrected chi connectivity index (χ3v) is 0.547. The van der Waals surface area contributed by atoms with Crippen LogP contribution < -0.4 is 56.3 Å². The van der Waals surface area contributed by atoms with Gasteiger partial charge in [-0.1, -0.05) is 0 Å². The maximum absolute atomic E-state index is 9.29. The first-order valence-corrected chi connectivity index (χ1v) is 2.44. The second-order valence-corrected chi connectivity index (χ2v) is 1.31. The van der Waals surface area contributed by atoms with E-state index in [2.05, 4.69) is 4.52 Å². The fraction of sp³-hybridized carbons (Fsp3) is 1.00. The van der Waals surface area contributed by atoms with Crippen molar-refractivity contribution in [2.24, 2.45) is 0 Å². The quantitative estimate of drug-likeness (QED) is 0.246. The maximum atomic E-state index is 9.29. The van der Waals surface area contributed by atoms with E-state index in [1.54, 1.807) is 0 Å². The zero-order valence-corrected chi connectivity index (χ0v) is 8.00. The van der Waals surface area contributed by atoms with Crippen LogP contribution in [0.3, 0.4) is 0 Å². The van der Waals surface area contributed by atoms with Crippen LogP contribution in [0.25, 0.3) is 0 Å². The minimum Gasteiger partial charge on any atom is -0.781 e. The van der Waals surface area contributed by atoms with E-state index in [4.69, 9.17) is 5.11 Å². The zero-order valence-electron chi connectivity index (χ0n) is 3.88. The van der Waals surface area contributed by atoms with Crippen molar-refractivity contribution in [2.75, 3.05) is 6.79 Å². The molecular formula is CH4KO4P. The SMILES string of the molecule is O=[PH]([O-])OCO.[K+]. The van der Waals surface area contributed by atoms with E-state index in [-0.39, 0.29) is 51.4 Å². The fourth-order valence-corrected chi connectivity index (χ4v) is 0.158. The first-order chi connectivity index (χ1) is 2.77. The van der Waals surface area contributed by atoms with Crippen LogP contribution in [0.4, 0.5) is 0 Å². The van der Waals surface area contributed by atoms with Crippen molar-refractivity contribution in [1.82, 2.24) is 0 Å². The average molecular weight is 150 g/mol. The summed E-state index contributed by atoms with van der Waals surface area (Å²) in [6, 6.07) is 0.